The fourth-order valence-corrected chi connectivity index (χ4v) is 7.07. The summed E-state index contributed by atoms with van der Waals surface area (Å²) in [6.45, 7) is 7.88. The lowest BCUT2D eigenvalue weighted by atomic mass is 9.53. The van der Waals surface area contributed by atoms with E-state index in [4.69, 9.17) is 9.47 Å². The Balaban J connectivity index is 1.65. The van der Waals surface area contributed by atoms with Crippen molar-refractivity contribution in [3.05, 3.63) is 34.9 Å². The van der Waals surface area contributed by atoms with Gasteiger partial charge in [-0.3, -0.25) is 19.2 Å². The molecule has 4 aliphatic rings. The van der Waals surface area contributed by atoms with E-state index in [9.17, 15) is 19.2 Å². The van der Waals surface area contributed by atoms with E-state index in [0.29, 0.717) is 12.8 Å². The third kappa shape index (κ3) is 4.56. The number of carbonyl (C=O) groups is 4. The Morgan fingerprint density at radius 1 is 1.09 bits per heavy atom. The van der Waals surface area contributed by atoms with Crippen molar-refractivity contribution in [3.63, 3.8) is 0 Å². The molecule has 6 nitrogen and oxygen atoms in total. The van der Waals surface area contributed by atoms with E-state index in [2.05, 4.69) is 13.8 Å². The van der Waals surface area contributed by atoms with Gasteiger partial charge in [-0.2, -0.15) is 0 Å². The van der Waals surface area contributed by atoms with Crippen molar-refractivity contribution >= 4 is 23.5 Å². The molecule has 4 rings (SSSR count). The van der Waals surface area contributed by atoms with Crippen LogP contribution in [0.1, 0.15) is 85.5 Å². The monoisotopic (exact) mass is 482 g/mol. The number of fused-ring (bicyclic) bond motifs is 4. The van der Waals surface area contributed by atoms with Gasteiger partial charge >= 0.3 is 11.9 Å². The SMILES string of the molecule is CCCCC(=O)OCC(=O)[C@H]1CC[C@H]2C3=C([C@@H](OC(=O)CC)C[C@]12C)[C@@]1(C)C=CC(=O)C=C1CC3. The quantitative estimate of drug-likeness (QED) is 0.349. The predicted molar refractivity (Wildman–Crippen MR) is 131 cm³/mol. The molecule has 0 unspecified atom stereocenters. The van der Waals surface area contributed by atoms with Gasteiger partial charge in [-0.15, -0.1) is 0 Å². The molecule has 1 saturated carbocycles. The molecule has 0 aromatic heterocycles. The van der Waals surface area contributed by atoms with Crippen molar-refractivity contribution in [2.45, 2.75) is 91.6 Å². The third-order valence-electron chi connectivity index (χ3n) is 8.90. The molecule has 0 aromatic carbocycles. The van der Waals surface area contributed by atoms with E-state index in [1.807, 2.05) is 13.0 Å². The summed E-state index contributed by atoms with van der Waals surface area (Å²) in [6, 6.07) is 0. The first kappa shape index (κ1) is 25.6. The van der Waals surface area contributed by atoms with Crippen LogP contribution in [0.4, 0.5) is 0 Å². The first-order chi connectivity index (χ1) is 16.6. The highest BCUT2D eigenvalue weighted by molar-refractivity contribution is 6.01. The van der Waals surface area contributed by atoms with Gasteiger partial charge in [0.2, 0.25) is 0 Å². The highest BCUT2D eigenvalue weighted by atomic mass is 16.5. The summed E-state index contributed by atoms with van der Waals surface area (Å²) in [5.74, 6) is -0.633. The van der Waals surface area contributed by atoms with Crippen molar-refractivity contribution < 1.29 is 28.7 Å². The highest BCUT2D eigenvalue weighted by Crippen LogP contribution is 2.64. The van der Waals surface area contributed by atoms with Crippen molar-refractivity contribution in [1.29, 1.82) is 0 Å². The van der Waals surface area contributed by atoms with Crippen LogP contribution in [-0.2, 0) is 28.7 Å². The second-order valence-corrected chi connectivity index (χ2v) is 11.0. The molecule has 0 N–H and O–H groups in total. The normalized spacial score (nSPS) is 33.4. The smallest absolute Gasteiger partial charge is 0.306 e. The molecule has 1 fully saturated rings. The van der Waals surface area contributed by atoms with Crippen LogP contribution < -0.4 is 0 Å². The molecule has 0 heterocycles. The molecule has 0 aliphatic heterocycles. The van der Waals surface area contributed by atoms with E-state index < -0.39 is 11.5 Å². The Hall–Kier alpha value is -2.50. The van der Waals surface area contributed by atoms with E-state index in [1.165, 1.54) is 5.57 Å². The summed E-state index contributed by atoms with van der Waals surface area (Å²) in [7, 11) is 0. The summed E-state index contributed by atoms with van der Waals surface area (Å²) in [5.41, 5.74) is 2.67. The zero-order chi connectivity index (χ0) is 25.4. The average Bonchev–Trinajstić information content (AvgIpc) is 3.18. The minimum Gasteiger partial charge on any atom is -0.458 e. The average molecular weight is 483 g/mol. The van der Waals surface area contributed by atoms with E-state index in [-0.39, 0.29) is 53.8 Å². The van der Waals surface area contributed by atoms with Gasteiger partial charge in [-0.1, -0.05) is 44.4 Å². The number of unbranched alkanes of at least 4 members (excludes halogenated alkanes) is 1. The fraction of sp³-hybridized carbons (Fsp3) is 0.655. The van der Waals surface area contributed by atoms with Gasteiger partial charge < -0.3 is 9.47 Å². The molecule has 0 amide bonds. The molecule has 0 bridgehead atoms. The minimum atomic E-state index is -0.446. The van der Waals surface area contributed by atoms with E-state index in [0.717, 1.165) is 49.7 Å². The number of carbonyl (C=O) groups excluding carboxylic acids is 4. The second kappa shape index (κ2) is 9.87. The Kier molecular flexibility index (Phi) is 7.21. The van der Waals surface area contributed by atoms with Crippen LogP contribution in [0.25, 0.3) is 0 Å². The van der Waals surface area contributed by atoms with Crippen molar-refractivity contribution in [2.24, 2.45) is 22.7 Å². The number of ether oxygens (including phenoxy) is 2. The summed E-state index contributed by atoms with van der Waals surface area (Å²) in [5, 5.41) is 0. The van der Waals surface area contributed by atoms with Gasteiger partial charge in [0.25, 0.3) is 0 Å². The van der Waals surface area contributed by atoms with Gasteiger partial charge in [0.15, 0.2) is 11.6 Å². The molecule has 35 heavy (non-hydrogen) atoms. The van der Waals surface area contributed by atoms with Crippen molar-refractivity contribution in [3.8, 4) is 0 Å². The molecular formula is C29H38O6. The zero-order valence-corrected chi connectivity index (χ0v) is 21.5. The molecule has 190 valence electrons. The molecule has 0 spiro atoms. The maximum absolute atomic E-state index is 13.3. The number of hydrogen-bond acceptors (Lipinski definition) is 6. The number of Topliss-reactive ketones (excluding diaryl/α,β-unsaturated/α-hetero) is 1. The molecule has 0 saturated heterocycles. The minimum absolute atomic E-state index is 0.00397. The Labute approximate surface area is 208 Å². The molecule has 6 heteroatoms. The maximum Gasteiger partial charge on any atom is 0.306 e. The summed E-state index contributed by atoms with van der Waals surface area (Å²) < 4.78 is 11.4. The van der Waals surface area contributed by atoms with Crippen molar-refractivity contribution in [1.82, 2.24) is 0 Å². The van der Waals surface area contributed by atoms with E-state index in [1.54, 1.807) is 19.1 Å². The maximum atomic E-state index is 13.3. The lowest BCUT2D eigenvalue weighted by molar-refractivity contribution is -0.153. The van der Waals surface area contributed by atoms with Crippen molar-refractivity contribution in [2.75, 3.05) is 6.61 Å². The molecular weight excluding hydrogens is 444 g/mol. The van der Waals surface area contributed by atoms with Crippen LogP contribution in [0.2, 0.25) is 0 Å². The number of esters is 2. The number of hydrogen-bond donors (Lipinski definition) is 0. The predicted octanol–water partition coefficient (Wildman–Crippen LogP) is 5.21. The Morgan fingerprint density at radius 2 is 1.86 bits per heavy atom. The van der Waals surface area contributed by atoms with Crippen LogP contribution in [0.15, 0.2) is 34.9 Å². The third-order valence-corrected chi connectivity index (χ3v) is 8.90. The van der Waals surface area contributed by atoms with Gasteiger partial charge in [-0.05, 0) is 74.5 Å². The molecule has 4 aliphatic carbocycles. The second-order valence-electron chi connectivity index (χ2n) is 11.0. The van der Waals surface area contributed by atoms with Gasteiger partial charge in [0, 0.05) is 24.2 Å². The summed E-state index contributed by atoms with van der Waals surface area (Å²) in [6.07, 6.45) is 11.0. The topological polar surface area (TPSA) is 86.7 Å². The fourth-order valence-electron chi connectivity index (χ4n) is 7.07. The van der Waals surface area contributed by atoms with Crippen LogP contribution >= 0.6 is 0 Å². The Morgan fingerprint density at radius 3 is 2.57 bits per heavy atom. The van der Waals surface area contributed by atoms with Crippen LogP contribution in [-0.4, -0.2) is 36.2 Å². The first-order valence-corrected chi connectivity index (χ1v) is 13.2. The standard InChI is InChI=1S/C29H38O6/c1-5-7-8-26(33)34-17-23(31)22-12-11-21-20-10-9-18-15-19(30)13-14-28(18,3)27(20)24(16-29(21,22)4)35-25(32)6-2/h13-15,21-22,24H,5-12,16-17H2,1-4H3/t21-,22+,24-,28-,29-/m0/s1. The first-order valence-electron chi connectivity index (χ1n) is 13.2. The summed E-state index contributed by atoms with van der Waals surface area (Å²) in [4.78, 5) is 49.9. The largest absolute Gasteiger partial charge is 0.458 e. The summed E-state index contributed by atoms with van der Waals surface area (Å²) >= 11 is 0. The molecule has 0 aromatic rings. The highest BCUT2D eigenvalue weighted by Gasteiger charge is 2.58. The van der Waals surface area contributed by atoms with Gasteiger partial charge in [0.1, 0.15) is 12.7 Å². The zero-order valence-electron chi connectivity index (χ0n) is 21.5. The van der Waals surface area contributed by atoms with Crippen LogP contribution in [0.5, 0.6) is 0 Å². The number of ketones is 2. The van der Waals surface area contributed by atoms with Gasteiger partial charge in [-0.25, -0.2) is 0 Å². The Bertz CT molecular complexity index is 1020. The van der Waals surface area contributed by atoms with E-state index >= 15 is 0 Å². The lowest BCUT2D eigenvalue weighted by Gasteiger charge is -2.52. The van der Waals surface area contributed by atoms with Crippen LogP contribution in [0, 0.1) is 22.7 Å². The van der Waals surface area contributed by atoms with Gasteiger partial charge in [0.05, 0.1) is 0 Å². The molecule has 5 atom stereocenters. The molecule has 0 radical (unpaired) electrons. The lowest BCUT2D eigenvalue weighted by Crippen LogP contribution is -2.48. The van der Waals surface area contributed by atoms with Crippen LogP contribution in [0.3, 0.4) is 0 Å². The number of rotatable bonds is 8. The number of allylic oxidation sites excluding steroid dienone is 5.